The van der Waals surface area contributed by atoms with E-state index in [-0.39, 0.29) is 0 Å². The summed E-state index contributed by atoms with van der Waals surface area (Å²) in [6, 6.07) is 0. The van der Waals surface area contributed by atoms with Gasteiger partial charge in [-0.3, -0.25) is 4.79 Å². The molecule has 0 heterocycles. The minimum atomic E-state index is -1.17. The lowest BCUT2D eigenvalue weighted by molar-refractivity contribution is -0.145. The third-order valence-electron chi connectivity index (χ3n) is 2.60. The standard InChI is InChI=1S/C10H19Cl2NO2/c1-3-4-5-6-7-8-10(2,9(14)15)13(11)12/h3-8H2,1-2H3,(H,14,15). The Bertz CT molecular complexity index is 200. The molecule has 0 spiro atoms. The Hall–Kier alpha value is 0.01000. The minimum Gasteiger partial charge on any atom is -0.480 e. The van der Waals surface area contributed by atoms with Gasteiger partial charge in [-0.2, -0.15) is 0 Å². The van der Waals surface area contributed by atoms with E-state index in [2.05, 4.69) is 6.92 Å². The molecule has 0 saturated heterocycles. The van der Waals surface area contributed by atoms with E-state index < -0.39 is 11.5 Å². The van der Waals surface area contributed by atoms with Crippen molar-refractivity contribution in [1.29, 1.82) is 0 Å². The Morgan fingerprint density at radius 2 is 1.80 bits per heavy atom. The van der Waals surface area contributed by atoms with Crippen molar-refractivity contribution in [3.63, 3.8) is 0 Å². The molecule has 0 aromatic heterocycles. The van der Waals surface area contributed by atoms with Crippen LogP contribution in [0.2, 0.25) is 0 Å². The van der Waals surface area contributed by atoms with Gasteiger partial charge in [0, 0.05) is 0 Å². The quantitative estimate of drug-likeness (QED) is 0.530. The molecule has 0 fully saturated rings. The second-order valence-corrected chi connectivity index (χ2v) is 4.83. The molecule has 0 bridgehead atoms. The van der Waals surface area contributed by atoms with Gasteiger partial charge in [0.25, 0.3) is 0 Å². The average molecular weight is 256 g/mol. The second kappa shape index (κ2) is 7.31. The number of halogens is 2. The summed E-state index contributed by atoms with van der Waals surface area (Å²) >= 11 is 11.1. The number of unbranched alkanes of at least 4 members (excludes halogenated alkanes) is 4. The summed E-state index contributed by atoms with van der Waals surface area (Å²) in [6.07, 6.45) is 5.83. The number of rotatable bonds is 8. The molecule has 5 heteroatoms. The Morgan fingerprint density at radius 1 is 1.27 bits per heavy atom. The van der Waals surface area contributed by atoms with Crippen LogP contribution in [0, 0.1) is 0 Å². The van der Waals surface area contributed by atoms with Crippen LogP contribution in [0.1, 0.15) is 52.4 Å². The Balaban J connectivity index is 3.93. The Kier molecular flexibility index (Phi) is 7.32. The van der Waals surface area contributed by atoms with Crippen LogP contribution in [0.4, 0.5) is 0 Å². The van der Waals surface area contributed by atoms with Gasteiger partial charge >= 0.3 is 5.97 Å². The highest BCUT2D eigenvalue weighted by Crippen LogP contribution is 2.27. The summed E-state index contributed by atoms with van der Waals surface area (Å²) in [6.45, 7) is 3.68. The summed E-state index contributed by atoms with van der Waals surface area (Å²) in [5, 5.41) is 9.00. The molecule has 0 aromatic carbocycles. The maximum Gasteiger partial charge on any atom is 0.326 e. The topological polar surface area (TPSA) is 40.5 Å². The van der Waals surface area contributed by atoms with Crippen molar-refractivity contribution < 1.29 is 9.90 Å². The summed E-state index contributed by atoms with van der Waals surface area (Å²) in [7, 11) is 0. The van der Waals surface area contributed by atoms with Gasteiger partial charge in [-0.15, -0.1) is 3.94 Å². The fraction of sp³-hybridized carbons (Fsp3) is 0.900. The van der Waals surface area contributed by atoms with Crippen LogP contribution in [-0.4, -0.2) is 20.6 Å². The molecule has 1 atom stereocenters. The van der Waals surface area contributed by atoms with Gasteiger partial charge in [-0.25, -0.2) is 0 Å². The van der Waals surface area contributed by atoms with Crippen molar-refractivity contribution in [2.75, 3.05) is 0 Å². The monoisotopic (exact) mass is 255 g/mol. The Morgan fingerprint density at radius 3 is 2.20 bits per heavy atom. The molecular weight excluding hydrogens is 237 g/mol. The van der Waals surface area contributed by atoms with Crippen LogP contribution < -0.4 is 0 Å². The fourth-order valence-electron chi connectivity index (χ4n) is 1.34. The molecule has 0 aliphatic carbocycles. The highest BCUT2D eigenvalue weighted by Gasteiger charge is 2.38. The van der Waals surface area contributed by atoms with E-state index in [1.54, 1.807) is 0 Å². The van der Waals surface area contributed by atoms with Crippen molar-refractivity contribution in [3.05, 3.63) is 0 Å². The molecule has 0 aliphatic heterocycles. The van der Waals surface area contributed by atoms with E-state index in [0.717, 1.165) is 23.2 Å². The molecule has 15 heavy (non-hydrogen) atoms. The second-order valence-electron chi connectivity index (χ2n) is 3.98. The van der Waals surface area contributed by atoms with Gasteiger partial charge in [0.1, 0.15) is 5.54 Å². The molecule has 0 saturated carbocycles. The van der Waals surface area contributed by atoms with Crippen LogP contribution in [0.15, 0.2) is 0 Å². The molecule has 0 radical (unpaired) electrons. The van der Waals surface area contributed by atoms with E-state index in [0.29, 0.717) is 6.42 Å². The van der Waals surface area contributed by atoms with Crippen molar-refractivity contribution >= 4 is 29.5 Å². The molecular formula is C10H19Cl2NO2. The number of carboxylic acid groups (broad SMARTS) is 1. The van der Waals surface area contributed by atoms with E-state index in [1.165, 1.54) is 19.8 Å². The molecule has 1 unspecified atom stereocenters. The summed E-state index contributed by atoms with van der Waals surface area (Å²) in [5.74, 6) is -0.983. The maximum atomic E-state index is 11.0. The summed E-state index contributed by atoms with van der Waals surface area (Å²) in [4.78, 5) is 11.0. The van der Waals surface area contributed by atoms with E-state index in [1.807, 2.05) is 0 Å². The van der Waals surface area contributed by atoms with E-state index >= 15 is 0 Å². The van der Waals surface area contributed by atoms with Gasteiger partial charge in [0.05, 0.1) is 0 Å². The van der Waals surface area contributed by atoms with Crippen molar-refractivity contribution in [1.82, 2.24) is 3.94 Å². The normalized spacial score (nSPS) is 15.3. The first kappa shape index (κ1) is 15.0. The largest absolute Gasteiger partial charge is 0.480 e. The highest BCUT2D eigenvalue weighted by atomic mass is 35.5. The molecule has 0 amide bonds. The first-order chi connectivity index (χ1) is 6.95. The molecule has 1 N–H and O–H groups in total. The third kappa shape index (κ3) is 5.05. The third-order valence-corrected chi connectivity index (χ3v) is 3.35. The molecule has 0 rings (SSSR count). The lowest BCUT2D eigenvalue weighted by atomic mass is 9.95. The average Bonchev–Trinajstić information content (AvgIpc) is 2.16. The Labute approximate surface area is 102 Å². The van der Waals surface area contributed by atoms with Gasteiger partial charge in [-0.1, -0.05) is 39.0 Å². The summed E-state index contributed by atoms with van der Waals surface area (Å²) in [5.41, 5.74) is -1.17. The molecule has 0 aromatic rings. The van der Waals surface area contributed by atoms with E-state index in [9.17, 15) is 4.79 Å². The van der Waals surface area contributed by atoms with E-state index in [4.69, 9.17) is 28.7 Å². The fourth-order valence-corrected chi connectivity index (χ4v) is 1.65. The number of nitrogens with zero attached hydrogens (tertiary/aromatic N) is 1. The SMILES string of the molecule is CCCCCCCC(C)(C(=O)O)N(Cl)Cl. The number of hydrogen-bond acceptors (Lipinski definition) is 2. The summed E-state index contributed by atoms with van der Waals surface area (Å²) < 4.78 is 0.745. The van der Waals surface area contributed by atoms with Gasteiger partial charge in [0.2, 0.25) is 0 Å². The minimum absolute atomic E-state index is 0.471. The predicted molar refractivity (Wildman–Crippen MR) is 63.0 cm³/mol. The highest BCUT2D eigenvalue weighted by molar-refractivity contribution is 6.35. The van der Waals surface area contributed by atoms with Crippen LogP contribution >= 0.6 is 23.6 Å². The lowest BCUT2D eigenvalue weighted by Crippen LogP contribution is -2.43. The van der Waals surface area contributed by atoms with Crippen LogP contribution in [0.25, 0.3) is 0 Å². The van der Waals surface area contributed by atoms with Crippen molar-refractivity contribution in [2.45, 2.75) is 57.9 Å². The first-order valence-electron chi connectivity index (χ1n) is 5.30. The van der Waals surface area contributed by atoms with Gasteiger partial charge < -0.3 is 5.11 Å². The number of carbonyl (C=O) groups is 1. The first-order valence-corrected chi connectivity index (χ1v) is 5.98. The number of aliphatic carboxylic acids is 1. The van der Waals surface area contributed by atoms with Crippen LogP contribution in [-0.2, 0) is 4.79 Å². The van der Waals surface area contributed by atoms with Crippen LogP contribution in [0.3, 0.4) is 0 Å². The van der Waals surface area contributed by atoms with Gasteiger partial charge in [0.15, 0.2) is 0 Å². The molecule has 90 valence electrons. The van der Waals surface area contributed by atoms with Crippen molar-refractivity contribution in [3.8, 4) is 0 Å². The predicted octanol–water partition coefficient (Wildman–Crippen LogP) is 3.80. The molecule has 0 aliphatic rings. The van der Waals surface area contributed by atoms with Crippen LogP contribution in [0.5, 0.6) is 0 Å². The zero-order valence-electron chi connectivity index (χ0n) is 9.30. The maximum absolute atomic E-state index is 11.0. The van der Waals surface area contributed by atoms with Crippen molar-refractivity contribution in [2.24, 2.45) is 0 Å². The number of hydrogen-bond donors (Lipinski definition) is 1. The number of carboxylic acids is 1. The zero-order chi connectivity index (χ0) is 11.9. The smallest absolute Gasteiger partial charge is 0.326 e. The molecule has 3 nitrogen and oxygen atoms in total. The zero-order valence-corrected chi connectivity index (χ0v) is 10.8. The lowest BCUT2D eigenvalue weighted by Gasteiger charge is -2.27. The van der Waals surface area contributed by atoms with Gasteiger partial charge in [-0.05, 0) is 36.9 Å².